The van der Waals surface area contributed by atoms with Gasteiger partial charge in [-0.1, -0.05) is 24.3 Å². The van der Waals surface area contributed by atoms with Crippen LogP contribution in [-0.4, -0.2) is 64.6 Å². The van der Waals surface area contributed by atoms with Crippen LogP contribution in [0.1, 0.15) is 12.5 Å². The average molecular weight is 385 g/mol. The maximum absolute atomic E-state index is 12.3. The molecule has 1 fully saturated rings. The van der Waals surface area contributed by atoms with Gasteiger partial charge in [-0.3, -0.25) is 20.2 Å². The molecule has 2 heterocycles. The second-order valence-electron chi connectivity index (χ2n) is 6.16. The molecule has 0 aliphatic carbocycles. The normalized spacial score (nSPS) is 21.9. The lowest BCUT2D eigenvalue weighted by atomic mass is 10.1. The summed E-state index contributed by atoms with van der Waals surface area (Å²) in [6.45, 7) is 2.25. The standard InChI is InChI=1S/C17H19N7O4/c1-3-4-8-23-13-14(22(2)17(26)20-15(13)25)19-16(23)21-18-10-11-6-5-7-12(9-11)24(27)28/h3-7,9-10,13-14H,8H2,1-2H3,(H,19,21)(H,20,25,26)/b4-3+,18-10-. The summed E-state index contributed by atoms with van der Waals surface area (Å²) in [4.78, 5) is 42.0. The molecule has 146 valence electrons. The summed E-state index contributed by atoms with van der Waals surface area (Å²) in [6.07, 6.45) is 4.45. The summed E-state index contributed by atoms with van der Waals surface area (Å²) in [5, 5.41) is 17.2. The van der Waals surface area contributed by atoms with Crippen molar-refractivity contribution in [2.24, 2.45) is 10.1 Å². The molecular weight excluding hydrogens is 366 g/mol. The number of urea groups is 1. The number of hydrogen-bond donors (Lipinski definition) is 2. The minimum absolute atomic E-state index is 0.0419. The van der Waals surface area contributed by atoms with Crippen molar-refractivity contribution in [3.8, 4) is 0 Å². The second kappa shape index (κ2) is 7.86. The number of carbonyl (C=O) groups excluding carboxylic acids is 2. The number of nitrogens with zero attached hydrogens (tertiary/aromatic N) is 5. The number of hydrazone groups is 1. The van der Waals surface area contributed by atoms with Crippen LogP contribution in [-0.2, 0) is 4.79 Å². The molecule has 2 aliphatic heterocycles. The largest absolute Gasteiger partial charge is 0.325 e. The summed E-state index contributed by atoms with van der Waals surface area (Å²) in [5.74, 6) is -0.104. The number of nitro benzene ring substituents is 1. The van der Waals surface area contributed by atoms with E-state index < -0.39 is 29.1 Å². The van der Waals surface area contributed by atoms with Crippen LogP contribution in [0, 0.1) is 10.1 Å². The van der Waals surface area contributed by atoms with Crippen LogP contribution in [0.15, 0.2) is 46.5 Å². The summed E-state index contributed by atoms with van der Waals surface area (Å²) in [7, 11) is 1.56. The topological polar surface area (TPSA) is 133 Å². The van der Waals surface area contributed by atoms with Crippen LogP contribution in [0.2, 0.25) is 0 Å². The minimum Gasteiger partial charge on any atom is -0.322 e. The number of benzene rings is 1. The van der Waals surface area contributed by atoms with Gasteiger partial charge in [0.25, 0.3) is 11.6 Å². The van der Waals surface area contributed by atoms with Gasteiger partial charge in [-0.25, -0.2) is 15.2 Å². The third-order valence-electron chi connectivity index (χ3n) is 4.36. The molecule has 0 bridgehead atoms. The van der Waals surface area contributed by atoms with Crippen LogP contribution in [0.4, 0.5) is 10.5 Å². The fourth-order valence-electron chi connectivity index (χ4n) is 2.92. The Morgan fingerprint density at radius 2 is 2.21 bits per heavy atom. The van der Waals surface area contributed by atoms with Gasteiger partial charge < -0.3 is 9.80 Å². The highest BCUT2D eigenvalue weighted by Gasteiger charge is 2.48. The summed E-state index contributed by atoms with van der Waals surface area (Å²) in [5.41, 5.74) is 3.26. The summed E-state index contributed by atoms with van der Waals surface area (Å²) >= 11 is 0. The number of aliphatic imine (C=N–C) groups is 1. The van der Waals surface area contributed by atoms with E-state index in [1.54, 1.807) is 24.1 Å². The number of hydrogen-bond acceptors (Lipinski definition) is 8. The molecule has 0 saturated carbocycles. The van der Waals surface area contributed by atoms with Crippen molar-refractivity contribution in [1.82, 2.24) is 20.5 Å². The first-order valence-corrected chi connectivity index (χ1v) is 8.49. The lowest BCUT2D eigenvalue weighted by molar-refractivity contribution is -0.384. The van der Waals surface area contributed by atoms with Gasteiger partial charge in [0, 0.05) is 31.3 Å². The Kier molecular flexibility index (Phi) is 5.34. The third-order valence-corrected chi connectivity index (χ3v) is 4.36. The Labute approximate surface area is 160 Å². The molecule has 1 aromatic rings. The maximum atomic E-state index is 12.3. The number of non-ortho nitro benzene ring substituents is 1. The van der Waals surface area contributed by atoms with Gasteiger partial charge in [0.2, 0.25) is 5.96 Å². The molecule has 1 saturated heterocycles. The monoisotopic (exact) mass is 385 g/mol. The van der Waals surface area contributed by atoms with Gasteiger partial charge in [0.05, 0.1) is 11.1 Å². The van der Waals surface area contributed by atoms with E-state index in [0.29, 0.717) is 18.1 Å². The molecule has 2 unspecified atom stereocenters. The molecular formula is C17H19N7O4. The summed E-state index contributed by atoms with van der Waals surface area (Å²) in [6, 6.07) is 4.83. The van der Waals surface area contributed by atoms with E-state index in [1.807, 2.05) is 19.1 Å². The van der Waals surface area contributed by atoms with Crippen molar-refractivity contribution in [2.45, 2.75) is 19.1 Å². The predicted octanol–water partition coefficient (Wildman–Crippen LogP) is 0.642. The lowest BCUT2D eigenvalue weighted by Crippen LogP contribution is -2.64. The Balaban J connectivity index is 1.80. The van der Waals surface area contributed by atoms with Gasteiger partial charge in [-0.05, 0) is 6.92 Å². The number of likely N-dealkylation sites (N-methyl/N-ethyl adjacent to an activating group) is 1. The first-order chi connectivity index (χ1) is 13.4. The molecule has 11 nitrogen and oxygen atoms in total. The Bertz CT molecular complexity index is 895. The zero-order valence-electron chi connectivity index (χ0n) is 15.3. The fourth-order valence-corrected chi connectivity index (χ4v) is 2.92. The van der Waals surface area contributed by atoms with Gasteiger partial charge in [0.1, 0.15) is 0 Å². The Hall–Kier alpha value is -3.76. The van der Waals surface area contributed by atoms with E-state index in [1.165, 1.54) is 23.2 Å². The van der Waals surface area contributed by atoms with Crippen molar-refractivity contribution in [3.05, 3.63) is 52.1 Å². The maximum Gasteiger partial charge on any atom is 0.325 e. The number of nitro groups is 1. The molecule has 11 heteroatoms. The second-order valence-corrected chi connectivity index (χ2v) is 6.16. The molecule has 2 aliphatic rings. The van der Waals surface area contributed by atoms with Crippen molar-refractivity contribution in [2.75, 3.05) is 13.6 Å². The van der Waals surface area contributed by atoms with Gasteiger partial charge in [0.15, 0.2) is 12.2 Å². The predicted molar refractivity (Wildman–Crippen MR) is 102 cm³/mol. The first kappa shape index (κ1) is 19.0. The zero-order chi connectivity index (χ0) is 20.3. The fraction of sp³-hybridized carbons (Fsp3) is 0.294. The van der Waals surface area contributed by atoms with Gasteiger partial charge in [-0.15, -0.1) is 0 Å². The summed E-state index contributed by atoms with van der Waals surface area (Å²) < 4.78 is 0. The van der Waals surface area contributed by atoms with Crippen LogP contribution in [0.5, 0.6) is 0 Å². The molecule has 0 aromatic heterocycles. The number of imide groups is 1. The highest BCUT2D eigenvalue weighted by molar-refractivity contribution is 6.03. The number of fused-ring (bicyclic) bond motifs is 1. The molecule has 3 rings (SSSR count). The van der Waals surface area contributed by atoms with E-state index in [9.17, 15) is 19.7 Å². The van der Waals surface area contributed by atoms with Gasteiger partial charge in [-0.2, -0.15) is 5.10 Å². The number of amides is 3. The van der Waals surface area contributed by atoms with Crippen molar-refractivity contribution < 1.29 is 14.5 Å². The van der Waals surface area contributed by atoms with Crippen molar-refractivity contribution in [3.63, 3.8) is 0 Å². The molecule has 0 spiro atoms. The van der Waals surface area contributed by atoms with E-state index in [2.05, 4.69) is 20.8 Å². The Morgan fingerprint density at radius 3 is 2.93 bits per heavy atom. The van der Waals surface area contributed by atoms with Gasteiger partial charge >= 0.3 is 6.03 Å². The van der Waals surface area contributed by atoms with Crippen LogP contribution in [0.25, 0.3) is 0 Å². The Morgan fingerprint density at radius 1 is 1.43 bits per heavy atom. The quantitative estimate of drug-likeness (QED) is 0.331. The number of rotatable bonds is 5. The van der Waals surface area contributed by atoms with E-state index >= 15 is 0 Å². The number of guanidine groups is 1. The number of allylic oxidation sites excluding steroid dienone is 1. The zero-order valence-corrected chi connectivity index (χ0v) is 15.3. The SMILES string of the molecule is C/C=C/CN1C(N/N=C\c2cccc([N+](=O)[O-])c2)=NC2C1C(=O)NC(=O)N2C. The van der Waals surface area contributed by atoms with Crippen LogP contribution >= 0.6 is 0 Å². The highest BCUT2D eigenvalue weighted by atomic mass is 16.6. The van der Waals surface area contributed by atoms with E-state index in [4.69, 9.17) is 0 Å². The smallest absolute Gasteiger partial charge is 0.322 e. The molecule has 2 N–H and O–H groups in total. The molecule has 1 aromatic carbocycles. The number of carbonyl (C=O) groups is 2. The molecule has 28 heavy (non-hydrogen) atoms. The lowest BCUT2D eigenvalue weighted by Gasteiger charge is -2.35. The minimum atomic E-state index is -0.672. The third kappa shape index (κ3) is 3.68. The van der Waals surface area contributed by atoms with Crippen LogP contribution in [0.3, 0.4) is 0 Å². The first-order valence-electron chi connectivity index (χ1n) is 8.49. The van der Waals surface area contributed by atoms with Crippen LogP contribution < -0.4 is 10.7 Å². The number of nitrogens with one attached hydrogen (secondary N) is 2. The average Bonchev–Trinajstić information content (AvgIpc) is 3.04. The molecule has 3 amide bonds. The molecule has 2 atom stereocenters. The molecule has 0 radical (unpaired) electrons. The van der Waals surface area contributed by atoms with Crippen molar-refractivity contribution >= 4 is 29.8 Å². The van der Waals surface area contributed by atoms with E-state index in [0.717, 1.165) is 0 Å². The van der Waals surface area contributed by atoms with Crippen molar-refractivity contribution in [1.29, 1.82) is 0 Å². The van der Waals surface area contributed by atoms with E-state index in [-0.39, 0.29) is 5.69 Å². The highest BCUT2D eigenvalue weighted by Crippen LogP contribution is 2.23.